The molecule has 0 bridgehead atoms. The number of nitrogens with one attached hydrogen (secondary N) is 2. The van der Waals surface area contributed by atoms with Crippen molar-refractivity contribution in [3.05, 3.63) is 74.7 Å². The molecule has 32 heavy (non-hydrogen) atoms. The fourth-order valence-electron chi connectivity index (χ4n) is 2.39. The molecule has 0 fully saturated rings. The Bertz CT molecular complexity index is 1060. The summed E-state index contributed by atoms with van der Waals surface area (Å²) in [6.45, 7) is -0.626. The summed E-state index contributed by atoms with van der Waals surface area (Å²) in [5.74, 6) is 0.0397. The average Bonchev–Trinajstić information content (AvgIpc) is 2.75. The Morgan fingerprint density at radius 2 is 1.16 bits per heavy atom. The van der Waals surface area contributed by atoms with Gasteiger partial charge in [-0.1, -0.05) is 52.5 Å². The summed E-state index contributed by atoms with van der Waals surface area (Å²) in [6, 6.07) is 14.1. The van der Waals surface area contributed by atoms with Gasteiger partial charge in [-0.05, 0) is 36.4 Å². The van der Waals surface area contributed by atoms with Gasteiger partial charge in [0.05, 0.1) is 10.0 Å². The van der Waals surface area contributed by atoms with E-state index < -0.39 is 11.8 Å². The van der Waals surface area contributed by atoms with Crippen molar-refractivity contribution in [1.29, 1.82) is 0 Å². The van der Waals surface area contributed by atoms with Crippen molar-refractivity contribution in [2.24, 2.45) is 0 Å². The normalized spacial score (nSPS) is 10.4. The smallest absolute Gasteiger partial charge is 0.263 e. The Hall–Kier alpha value is -2.71. The molecule has 0 aliphatic carbocycles. The lowest BCUT2D eigenvalue weighted by atomic mass is 10.3. The first-order chi connectivity index (χ1) is 15.3. The van der Waals surface area contributed by atoms with Gasteiger partial charge in [0, 0.05) is 22.2 Å². The van der Waals surface area contributed by atoms with Crippen LogP contribution in [-0.2, 0) is 9.59 Å². The van der Waals surface area contributed by atoms with Crippen LogP contribution in [0.1, 0.15) is 0 Å². The molecule has 2 aromatic carbocycles. The number of anilines is 2. The van der Waals surface area contributed by atoms with Crippen molar-refractivity contribution in [1.82, 2.24) is 4.98 Å². The molecule has 2 N–H and O–H groups in total. The van der Waals surface area contributed by atoms with Crippen LogP contribution in [-0.4, -0.2) is 30.0 Å². The SMILES string of the molecule is O=C(COc1cc(Cl)ccc1Cl)Nc1cccc(NC(=O)COc2cc(Cl)ccc2Cl)n1. The number of hydrogen-bond acceptors (Lipinski definition) is 5. The highest BCUT2D eigenvalue weighted by Gasteiger charge is 2.11. The van der Waals surface area contributed by atoms with E-state index >= 15 is 0 Å². The fraction of sp³-hybridized carbons (Fsp3) is 0.0952. The van der Waals surface area contributed by atoms with E-state index in [1.54, 1.807) is 42.5 Å². The highest BCUT2D eigenvalue weighted by atomic mass is 35.5. The maximum atomic E-state index is 12.2. The van der Waals surface area contributed by atoms with E-state index in [0.29, 0.717) is 20.1 Å². The Morgan fingerprint density at radius 3 is 1.59 bits per heavy atom. The topological polar surface area (TPSA) is 89.6 Å². The maximum absolute atomic E-state index is 12.2. The molecule has 0 radical (unpaired) electrons. The second-order valence-electron chi connectivity index (χ2n) is 6.23. The lowest BCUT2D eigenvalue weighted by molar-refractivity contribution is -0.118. The molecule has 1 heterocycles. The quantitative estimate of drug-likeness (QED) is 0.400. The Morgan fingerprint density at radius 1 is 0.719 bits per heavy atom. The monoisotopic (exact) mass is 513 g/mol. The molecule has 0 spiro atoms. The van der Waals surface area contributed by atoms with Crippen molar-refractivity contribution in [2.75, 3.05) is 23.8 Å². The lowest BCUT2D eigenvalue weighted by Crippen LogP contribution is -2.23. The minimum absolute atomic E-state index is 0.215. The number of nitrogens with zero attached hydrogens (tertiary/aromatic N) is 1. The van der Waals surface area contributed by atoms with Gasteiger partial charge in [-0.15, -0.1) is 0 Å². The molecule has 11 heteroatoms. The average molecular weight is 515 g/mol. The van der Waals surface area contributed by atoms with Gasteiger partial charge in [-0.2, -0.15) is 0 Å². The van der Waals surface area contributed by atoms with E-state index in [1.807, 2.05) is 0 Å². The zero-order valence-corrected chi connectivity index (χ0v) is 19.2. The summed E-state index contributed by atoms with van der Waals surface area (Å²) >= 11 is 23.8. The highest BCUT2D eigenvalue weighted by molar-refractivity contribution is 6.34. The van der Waals surface area contributed by atoms with Gasteiger partial charge in [0.25, 0.3) is 11.8 Å². The number of benzene rings is 2. The van der Waals surface area contributed by atoms with Crippen molar-refractivity contribution < 1.29 is 19.1 Å². The number of pyridine rings is 1. The van der Waals surface area contributed by atoms with Gasteiger partial charge in [0.15, 0.2) is 13.2 Å². The highest BCUT2D eigenvalue weighted by Crippen LogP contribution is 2.28. The van der Waals surface area contributed by atoms with E-state index in [-0.39, 0.29) is 36.3 Å². The zero-order valence-electron chi connectivity index (χ0n) is 16.2. The molecular formula is C21H15Cl4N3O4. The first-order valence-corrected chi connectivity index (χ1v) is 10.5. The van der Waals surface area contributed by atoms with E-state index in [4.69, 9.17) is 55.9 Å². The minimum Gasteiger partial charge on any atom is -0.482 e. The number of carbonyl (C=O) groups is 2. The van der Waals surface area contributed by atoms with E-state index in [2.05, 4.69) is 15.6 Å². The van der Waals surface area contributed by atoms with Gasteiger partial charge in [-0.3, -0.25) is 9.59 Å². The molecule has 0 aliphatic rings. The molecule has 166 valence electrons. The van der Waals surface area contributed by atoms with E-state index in [1.165, 1.54) is 12.1 Å². The Kier molecular flexibility index (Phi) is 8.41. The number of halogens is 4. The van der Waals surface area contributed by atoms with E-state index in [9.17, 15) is 9.59 Å². The Balaban J connectivity index is 1.52. The van der Waals surface area contributed by atoms with Crippen LogP contribution in [0.25, 0.3) is 0 Å². The minimum atomic E-state index is -0.476. The molecule has 0 saturated carbocycles. The molecule has 3 rings (SSSR count). The second-order valence-corrected chi connectivity index (χ2v) is 7.92. The second kappa shape index (κ2) is 11.2. The number of rotatable bonds is 8. The zero-order chi connectivity index (χ0) is 23.1. The summed E-state index contributed by atoms with van der Waals surface area (Å²) in [5, 5.41) is 6.64. The number of carbonyl (C=O) groups excluding carboxylic acids is 2. The van der Waals surface area contributed by atoms with Crippen LogP contribution in [0.5, 0.6) is 11.5 Å². The van der Waals surface area contributed by atoms with Gasteiger partial charge in [-0.25, -0.2) is 4.98 Å². The van der Waals surface area contributed by atoms with Crippen LogP contribution in [0.4, 0.5) is 11.6 Å². The van der Waals surface area contributed by atoms with Crippen molar-refractivity contribution in [3.8, 4) is 11.5 Å². The first-order valence-electron chi connectivity index (χ1n) is 9.02. The Labute approximate surface area is 203 Å². The van der Waals surface area contributed by atoms with Gasteiger partial charge in [0.1, 0.15) is 23.1 Å². The van der Waals surface area contributed by atoms with Gasteiger partial charge >= 0.3 is 0 Å². The summed E-state index contributed by atoms with van der Waals surface area (Å²) in [4.78, 5) is 28.5. The van der Waals surface area contributed by atoms with Gasteiger partial charge < -0.3 is 20.1 Å². The van der Waals surface area contributed by atoms with Gasteiger partial charge in [0.2, 0.25) is 0 Å². The molecule has 3 aromatic rings. The number of aromatic nitrogens is 1. The van der Waals surface area contributed by atoms with Crippen LogP contribution >= 0.6 is 46.4 Å². The fourth-order valence-corrected chi connectivity index (χ4v) is 3.06. The van der Waals surface area contributed by atoms with Crippen LogP contribution in [0.15, 0.2) is 54.6 Å². The largest absolute Gasteiger partial charge is 0.482 e. The molecule has 0 saturated heterocycles. The van der Waals surface area contributed by atoms with Crippen molar-refractivity contribution in [3.63, 3.8) is 0 Å². The van der Waals surface area contributed by atoms with Crippen LogP contribution in [0.2, 0.25) is 20.1 Å². The first kappa shape index (κ1) is 23.9. The van der Waals surface area contributed by atoms with Crippen molar-refractivity contribution >= 4 is 69.9 Å². The molecule has 2 amide bonds. The van der Waals surface area contributed by atoms with Crippen LogP contribution in [0.3, 0.4) is 0 Å². The van der Waals surface area contributed by atoms with Crippen LogP contribution in [0, 0.1) is 0 Å². The molecular weight excluding hydrogens is 500 g/mol. The summed E-state index contributed by atoms with van der Waals surface area (Å²) in [5.41, 5.74) is 0. The third-order valence-corrected chi connectivity index (χ3v) is 4.88. The standard InChI is InChI=1S/C21H15Cl4N3O4/c22-12-4-6-14(24)16(8-12)31-10-20(29)27-18-2-1-3-19(26-18)28-21(30)11-32-17-9-13(23)5-7-15(17)25/h1-9H,10-11H2,(H2,26,27,28,29,30). The lowest BCUT2D eigenvalue weighted by Gasteiger charge is -2.11. The van der Waals surface area contributed by atoms with Crippen LogP contribution < -0.4 is 20.1 Å². The predicted molar refractivity (Wildman–Crippen MR) is 125 cm³/mol. The molecule has 1 aromatic heterocycles. The molecule has 0 unspecified atom stereocenters. The van der Waals surface area contributed by atoms with E-state index in [0.717, 1.165) is 0 Å². The predicted octanol–water partition coefficient (Wildman–Crippen LogP) is 5.73. The summed E-state index contributed by atoms with van der Waals surface area (Å²) in [7, 11) is 0. The third-order valence-electron chi connectivity index (χ3n) is 3.79. The van der Waals surface area contributed by atoms with Crippen molar-refractivity contribution in [2.45, 2.75) is 0 Å². The molecule has 0 aliphatic heterocycles. The number of ether oxygens (including phenoxy) is 2. The molecule has 7 nitrogen and oxygen atoms in total. The number of amides is 2. The third kappa shape index (κ3) is 7.17. The maximum Gasteiger partial charge on any atom is 0.263 e. The number of hydrogen-bond donors (Lipinski definition) is 2. The molecule has 0 atom stereocenters. The summed E-state index contributed by atoms with van der Waals surface area (Å²) < 4.78 is 10.8. The summed E-state index contributed by atoms with van der Waals surface area (Å²) in [6.07, 6.45) is 0.